The van der Waals surface area contributed by atoms with Crippen molar-refractivity contribution in [3.8, 4) is 11.5 Å². The predicted molar refractivity (Wildman–Crippen MR) is 82.9 cm³/mol. The van der Waals surface area contributed by atoms with Crippen LogP contribution in [-0.4, -0.2) is 31.0 Å². The van der Waals surface area contributed by atoms with E-state index in [0.717, 1.165) is 48.1 Å². The van der Waals surface area contributed by atoms with E-state index in [1.54, 1.807) is 0 Å². The van der Waals surface area contributed by atoms with E-state index in [1.807, 2.05) is 12.1 Å². The number of benzene rings is 1. The molecule has 1 N–H and O–H groups in total. The molecule has 2 unspecified atom stereocenters. The first-order chi connectivity index (χ1) is 10.2. The molecule has 3 rings (SSSR count). The second kappa shape index (κ2) is 6.99. The van der Waals surface area contributed by atoms with Crippen LogP contribution in [-0.2, 0) is 4.74 Å². The van der Waals surface area contributed by atoms with Crippen LogP contribution in [0.4, 0.5) is 0 Å². The standard InChI is InChI=1S/C16H21BrO4/c17-13-9-11(10-15-16(13)21-8-7-20-15)14(18)5-1-3-12-4-2-6-19-12/h9-10,12,14,18H,1-8H2. The highest BCUT2D eigenvalue weighted by molar-refractivity contribution is 9.10. The molecule has 116 valence electrons. The van der Waals surface area contributed by atoms with Crippen LogP contribution in [0.2, 0.25) is 0 Å². The number of hydrogen-bond acceptors (Lipinski definition) is 4. The highest BCUT2D eigenvalue weighted by Crippen LogP contribution is 2.40. The van der Waals surface area contributed by atoms with Gasteiger partial charge in [0.1, 0.15) is 13.2 Å². The predicted octanol–water partition coefficient (Wildman–Crippen LogP) is 3.60. The van der Waals surface area contributed by atoms with Crippen LogP contribution in [0.25, 0.3) is 0 Å². The minimum atomic E-state index is -0.474. The number of aliphatic hydroxyl groups is 1. The third-order valence-electron chi connectivity index (χ3n) is 4.03. The Balaban J connectivity index is 1.58. The van der Waals surface area contributed by atoms with Crippen LogP contribution in [0.1, 0.15) is 43.8 Å². The van der Waals surface area contributed by atoms with E-state index in [0.29, 0.717) is 25.1 Å². The van der Waals surface area contributed by atoms with Crippen molar-refractivity contribution < 1.29 is 19.3 Å². The number of ether oxygens (including phenoxy) is 3. The third-order valence-corrected chi connectivity index (χ3v) is 4.62. The number of hydrogen-bond donors (Lipinski definition) is 1. The largest absolute Gasteiger partial charge is 0.486 e. The van der Waals surface area contributed by atoms with Crippen molar-refractivity contribution in [2.45, 2.75) is 44.3 Å². The van der Waals surface area contributed by atoms with Gasteiger partial charge in [-0.05, 0) is 65.7 Å². The van der Waals surface area contributed by atoms with Gasteiger partial charge < -0.3 is 19.3 Å². The van der Waals surface area contributed by atoms with Gasteiger partial charge in [0.2, 0.25) is 0 Å². The molecule has 0 radical (unpaired) electrons. The fourth-order valence-corrected chi connectivity index (χ4v) is 3.47. The number of aliphatic hydroxyl groups excluding tert-OH is 1. The van der Waals surface area contributed by atoms with Crippen molar-refractivity contribution in [2.24, 2.45) is 0 Å². The normalized spacial score (nSPS) is 22.3. The topological polar surface area (TPSA) is 47.9 Å². The average Bonchev–Trinajstić information content (AvgIpc) is 3.00. The highest BCUT2D eigenvalue weighted by Gasteiger charge is 2.20. The van der Waals surface area contributed by atoms with Crippen molar-refractivity contribution in [1.82, 2.24) is 0 Å². The molecule has 1 saturated heterocycles. The first kappa shape index (κ1) is 15.1. The van der Waals surface area contributed by atoms with E-state index < -0.39 is 6.10 Å². The van der Waals surface area contributed by atoms with Crippen molar-refractivity contribution in [3.63, 3.8) is 0 Å². The summed E-state index contributed by atoms with van der Waals surface area (Å²) in [6, 6.07) is 3.81. The molecule has 4 nitrogen and oxygen atoms in total. The van der Waals surface area contributed by atoms with Gasteiger partial charge in [-0.25, -0.2) is 0 Å². The zero-order valence-electron chi connectivity index (χ0n) is 12.0. The Morgan fingerprint density at radius 2 is 2.10 bits per heavy atom. The summed E-state index contributed by atoms with van der Waals surface area (Å²) in [5.74, 6) is 1.44. The Hall–Kier alpha value is -0.780. The second-order valence-corrected chi connectivity index (χ2v) is 6.46. The van der Waals surface area contributed by atoms with Gasteiger partial charge in [0.05, 0.1) is 16.7 Å². The summed E-state index contributed by atoms with van der Waals surface area (Å²) in [4.78, 5) is 0. The Morgan fingerprint density at radius 1 is 1.24 bits per heavy atom. The number of halogens is 1. The molecule has 2 aliphatic heterocycles. The summed E-state index contributed by atoms with van der Waals surface area (Å²) >= 11 is 3.49. The van der Waals surface area contributed by atoms with Crippen LogP contribution in [0.5, 0.6) is 11.5 Å². The lowest BCUT2D eigenvalue weighted by Crippen LogP contribution is -2.16. The van der Waals surface area contributed by atoms with Crippen molar-refractivity contribution in [2.75, 3.05) is 19.8 Å². The number of rotatable bonds is 5. The minimum absolute atomic E-state index is 0.393. The van der Waals surface area contributed by atoms with E-state index >= 15 is 0 Å². The van der Waals surface area contributed by atoms with Crippen LogP contribution in [0.15, 0.2) is 16.6 Å². The summed E-state index contributed by atoms with van der Waals surface area (Å²) in [7, 11) is 0. The quantitative estimate of drug-likeness (QED) is 0.875. The molecule has 0 aromatic heterocycles. The van der Waals surface area contributed by atoms with E-state index in [-0.39, 0.29) is 0 Å². The molecule has 0 saturated carbocycles. The summed E-state index contributed by atoms with van der Waals surface area (Å²) in [6.07, 6.45) is 4.99. The lowest BCUT2D eigenvalue weighted by molar-refractivity contribution is 0.0943. The first-order valence-corrected chi connectivity index (χ1v) is 8.42. The first-order valence-electron chi connectivity index (χ1n) is 7.63. The Labute approximate surface area is 133 Å². The molecule has 1 fully saturated rings. The summed E-state index contributed by atoms with van der Waals surface area (Å²) in [6.45, 7) is 2.01. The molecular weight excluding hydrogens is 336 g/mol. The summed E-state index contributed by atoms with van der Waals surface area (Å²) in [5.41, 5.74) is 0.874. The van der Waals surface area contributed by atoms with Crippen molar-refractivity contribution >= 4 is 15.9 Å². The second-order valence-electron chi connectivity index (χ2n) is 5.61. The molecule has 2 heterocycles. The Bertz CT molecular complexity index is 485. The van der Waals surface area contributed by atoms with Crippen molar-refractivity contribution in [1.29, 1.82) is 0 Å². The maximum Gasteiger partial charge on any atom is 0.175 e. The van der Waals surface area contributed by atoms with Gasteiger partial charge in [0.25, 0.3) is 0 Å². The molecule has 1 aromatic carbocycles. The molecule has 21 heavy (non-hydrogen) atoms. The van der Waals surface area contributed by atoms with Crippen LogP contribution in [0.3, 0.4) is 0 Å². The van der Waals surface area contributed by atoms with Gasteiger partial charge in [0.15, 0.2) is 11.5 Å². The van der Waals surface area contributed by atoms with Crippen LogP contribution >= 0.6 is 15.9 Å². The molecular formula is C16H21BrO4. The van der Waals surface area contributed by atoms with E-state index in [2.05, 4.69) is 15.9 Å². The molecule has 2 aliphatic rings. The summed E-state index contributed by atoms with van der Waals surface area (Å²) in [5, 5.41) is 10.4. The maximum atomic E-state index is 10.4. The van der Waals surface area contributed by atoms with Gasteiger partial charge in [0, 0.05) is 6.61 Å². The Kier molecular flexibility index (Phi) is 5.03. The monoisotopic (exact) mass is 356 g/mol. The molecule has 5 heteroatoms. The number of fused-ring (bicyclic) bond motifs is 1. The minimum Gasteiger partial charge on any atom is -0.486 e. The van der Waals surface area contributed by atoms with Gasteiger partial charge >= 0.3 is 0 Å². The van der Waals surface area contributed by atoms with Gasteiger partial charge in [-0.15, -0.1) is 0 Å². The van der Waals surface area contributed by atoms with Crippen LogP contribution in [0, 0.1) is 0 Å². The zero-order chi connectivity index (χ0) is 14.7. The lowest BCUT2D eigenvalue weighted by Gasteiger charge is -2.22. The van der Waals surface area contributed by atoms with E-state index in [4.69, 9.17) is 14.2 Å². The van der Waals surface area contributed by atoms with Crippen LogP contribution < -0.4 is 9.47 Å². The molecule has 0 aliphatic carbocycles. The molecule has 1 aromatic rings. The summed E-state index contributed by atoms with van der Waals surface area (Å²) < 4.78 is 17.6. The van der Waals surface area contributed by atoms with Crippen molar-refractivity contribution in [3.05, 3.63) is 22.2 Å². The zero-order valence-corrected chi connectivity index (χ0v) is 13.6. The fraction of sp³-hybridized carbons (Fsp3) is 0.625. The smallest absolute Gasteiger partial charge is 0.175 e. The maximum absolute atomic E-state index is 10.4. The van der Waals surface area contributed by atoms with Gasteiger partial charge in [-0.3, -0.25) is 0 Å². The molecule has 0 bridgehead atoms. The SMILES string of the molecule is OC(CCCC1CCCO1)c1cc(Br)c2c(c1)OCCO2. The lowest BCUT2D eigenvalue weighted by atomic mass is 10.0. The van der Waals surface area contributed by atoms with E-state index in [1.165, 1.54) is 6.42 Å². The highest BCUT2D eigenvalue weighted by atomic mass is 79.9. The average molecular weight is 357 g/mol. The molecule has 2 atom stereocenters. The molecule has 0 spiro atoms. The third kappa shape index (κ3) is 3.71. The van der Waals surface area contributed by atoms with E-state index in [9.17, 15) is 5.11 Å². The van der Waals surface area contributed by atoms with Gasteiger partial charge in [-0.2, -0.15) is 0 Å². The fourth-order valence-electron chi connectivity index (χ4n) is 2.90. The van der Waals surface area contributed by atoms with Gasteiger partial charge in [-0.1, -0.05) is 0 Å². The Morgan fingerprint density at radius 3 is 2.90 bits per heavy atom. The molecule has 0 amide bonds.